The van der Waals surface area contributed by atoms with Gasteiger partial charge in [-0.1, -0.05) is 24.3 Å². The van der Waals surface area contributed by atoms with E-state index in [-0.39, 0.29) is 11.9 Å². The Morgan fingerprint density at radius 2 is 2.06 bits per heavy atom. The molecule has 0 spiro atoms. The van der Waals surface area contributed by atoms with Crippen LogP contribution in [0.25, 0.3) is 0 Å². The number of hydrogen-bond donors (Lipinski definition) is 2. The molecule has 1 atom stereocenters. The summed E-state index contributed by atoms with van der Waals surface area (Å²) in [6.07, 6.45) is 2.52. The summed E-state index contributed by atoms with van der Waals surface area (Å²) in [5.41, 5.74) is 2.28. The molecule has 1 unspecified atom stereocenters. The fourth-order valence-electron chi connectivity index (χ4n) is 3.54. The van der Waals surface area contributed by atoms with Crippen molar-refractivity contribution in [2.24, 2.45) is 4.99 Å². The average Bonchev–Trinajstić information content (AvgIpc) is 3.25. The minimum Gasteiger partial charge on any atom is -0.379 e. The number of aromatic nitrogens is 1. The van der Waals surface area contributed by atoms with Crippen molar-refractivity contribution >= 4 is 11.8 Å². The van der Waals surface area contributed by atoms with Crippen LogP contribution < -0.4 is 15.5 Å². The summed E-state index contributed by atoms with van der Waals surface area (Å²) in [7, 11) is 1.75. The highest BCUT2D eigenvalue weighted by atomic mass is 19.1. The van der Waals surface area contributed by atoms with Crippen molar-refractivity contribution in [3.8, 4) is 0 Å². The van der Waals surface area contributed by atoms with Gasteiger partial charge in [0.25, 0.3) is 0 Å². The van der Waals surface area contributed by atoms with Crippen molar-refractivity contribution in [1.82, 2.24) is 15.6 Å². The Morgan fingerprint density at radius 1 is 1.23 bits per heavy atom. The maximum absolute atomic E-state index is 14.0. The van der Waals surface area contributed by atoms with E-state index in [1.807, 2.05) is 17.9 Å². The van der Waals surface area contributed by atoms with Crippen LogP contribution in [0.3, 0.4) is 0 Å². The molecule has 1 aromatic carbocycles. The molecular formula is C23H32FN5O2. The van der Waals surface area contributed by atoms with Crippen molar-refractivity contribution in [1.29, 1.82) is 0 Å². The molecule has 0 bridgehead atoms. The van der Waals surface area contributed by atoms with Crippen LogP contribution >= 0.6 is 0 Å². The number of pyridine rings is 1. The standard InChI is InChI=1S/C23H32FN5O2/c1-3-30-12-13-31-17-19-7-4-6-18(14-19)15-27-23(25-2)28-20-9-11-29(16-20)22-21(24)8-5-10-26-22/h4-8,10,14,20H,3,9,11-13,15-17H2,1-2H3,(H2,25,27,28). The van der Waals surface area contributed by atoms with Crippen molar-refractivity contribution in [2.75, 3.05) is 44.9 Å². The molecule has 0 amide bonds. The van der Waals surface area contributed by atoms with Gasteiger partial charge >= 0.3 is 0 Å². The number of benzene rings is 1. The molecule has 7 nitrogen and oxygen atoms in total. The Balaban J connectivity index is 1.45. The molecule has 0 aliphatic carbocycles. The van der Waals surface area contributed by atoms with Gasteiger partial charge in [0.05, 0.1) is 19.8 Å². The maximum atomic E-state index is 14.0. The second-order valence-corrected chi connectivity index (χ2v) is 7.38. The van der Waals surface area contributed by atoms with E-state index in [1.54, 1.807) is 19.3 Å². The predicted molar refractivity (Wildman–Crippen MR) is 121 cm³/mol. The molecule has 2 aromatic rings. The van der Waals surface area contributed by atoms with E-state index in [9.17, 15) is 4.39 Å². The first kappa shape index (κ1) is 23.0. The van der Waals surface area contributed by atoms with Crippen molar-refractivity contribution in [3.05, 3.63) is 59.5 Å². The van der Waals surface area contributed by atoms with E-state index in [0.29, 0.717) is 45.3 Å². The lowest BCUT2D eigenvalue weighted by Gasteiger charge is -2.20. The molecule has 3 rings (SSSR count). The van der Waals surface area contributed by atoms with Gasteiger partial charge in [0.1, 0.15) is 0 Å². The Kier molecular flexibility index (Phi) is 9.05. The van der Waals surface area contributed by atoms with Crippen LogP contribution in [0.2, 0.25) is 0 Å². The summed E-state index contributed by atoms with van der Waals surface area (Å²) in [5, 5.41) is 6.79. The van der Waals surface area contributed by atoms with Crippen LogP contribution in [0, 0.1) is 5.82 Å². The lowest BCUT2D eigenvalue weighted by atomic mass is 10.1. The van der Waals surface area contributed by atoms with Gasteiger partial charge in [0.2, 0.25) is 0 Å². The molecule has 1 aromatic heterocycles. The number of ether oxygens (including phenoxy) is 2. The number of guanidine groups is 1. The van der Waals surface area contributed by atoms with Gasteiger partial charge < -0.3 is 25.0 Å². The topological polar surface area (TPSA) is 71.0 Å². The number of nitrogens with one attached hydrogen (secondary N) is 2. The van der Waals surface area contributed by atoms with Crippen LogP contribution in [-0.4, -0.2) is 56.9 Å². The van der Waals surface area contributed by atoms with E-state index in [2.05, 4.69) is 38.8 Å². The van der Waals surface area contributed by atoms with Crippen molar-refractivity contribution in [2.45, 2.75) is 32.5 Å². The zero-order chi connectivity index (χ0) is 21.9. The smallest absolute Gasteiger partial charge is 0.191 e. The minimum absolute atomic E-state index is 0.178. The number of hydrogen-bond acceptors (Lipinski definition) is 5. The number of anilines is 1. The van der Waals surface area contributed by atoms with E-state index < -0.39 is 0 Å². The van der Waals surface area contributed by atoms with Gasteiger partial charge in [0.15, 0.2) is 17.6 Å². The molecule has 1 fully saturated rings. The fraction of sp³-hybridized carbons (Fsp3) is 0.478. The molecule has 0 radical (unpaired) electrons. The van der Waals surface area contributed by atoms with Gasteiger partial charge in [-0.15, -0.1) is 0 Å². The van der Waals surface area contributed by atoms with Crippen molar-refractivity contribution in [3.63, 3.8) is 0 Å². The normalized spacial score (nSPS) is 16.5. The number of rotatable bonds is 10. The van der Waals surface area contributed by atoms with Gasteiger partial charge in [-0.2, -0.15) is 0 Å². The first-order valence-electron chi connectivity index (χ1n) is 10.8. The molecule has 168 valence electrons. The van der Waals surface area contributed by atoms with E-state index in [4.69, 9.17) is 9.47 Å². The third kappa shape index (κ3) is 7.18. The Morgan fingerprint density at radius 3 is 2.87 bits per heavy atom. The largest absolute Gasteiger partial charge is 0.379 e. The second kappa shape index (κ2) is 12.2. The Hall–Kier alpha value is -2.71. The monoisotopic (exact) mass is 429 g/mol. The molecular weight excluding hydrogens is 397 g/mol. The predicted octanol–water partition coefficient (Wildman–Crippen LogP) is 2.72. The molecule has 0 saturated carbocycles. The first-order chi connectivity index (χ1) is 15.2. The summed E-state index contributed by atoms with van der Waals surface area (Å²) in [4.78, 5) is 10.5. The zero-order valence-corrected chi connectivity index (χ0v) is 18.3. The molecule has 1 aliphatic heterocycles. The lowest BCUT2D eigenvalue weighted by molar-refractivity contribution is 0.0453. The van der Waals surface area contributed by atoms with Crippen LogP contribution in [0.15, 0.2) is 47.6 Å². The highest BCUT2D eigenvalue weighted by Gasteiger charge is 2.25. The van der Waals surface area contributed by atoms with Gasteiger partial charge in [-0.05, 0) is 36.6 Å². The first-order valence-corrected chi connectivity index (χ1v) is 10.8. The fourth-order valence-corrected chi connectivity index (χ4v) is 3.54. The molecule has 1 aliphatic rings. The third-order valence-corrected chi connectivity index (χ3v) is 5.09. The molecule has 2 heterocycles. The van der Waals surface area contributed by atoms with Gasteiger partial charge in [-0.25, -0.2) is 9.37 Å². The van der Waals surface area contributed by atoms with Gasteiger partial charge in [0, 0.05) is 45.5 Å². The van der Waals surface area contributed by atoms with Crippen LogP contribution in [0.4, 0.5) is 10.2 Å². The highest BCUT2D eigenvalue weighted by molar-refractivity contribution is 5.80. The SMILES string of the molecule is CCOCCOCc1cccc(CNC(=NC)NC2CCN(c3ncccc3F)C2)c1. The number of nitrogens with zero attached hydrogens (tertiary/aromatic N) is 3. The minimum atomic E-state index is -0.285. The summed E-state index contributed by atoms with van der Waals surface area (Å²) >= 11 is 0. The maximum Gasteiger partial charge on any atom is 0.191 e. The molecule has 2 N–H and O–H groups in total. The molecule has 31 heavy (non-hydrogen) atoms. The average molecular weight is 430 g/mol. The van der Waals surface area contributed by atoms with Crippen molar-refractivity contribution < 1.29 is 13.9 Å². The Labute approximate surface area is 183 Å². The number of halogens is 1. The van der Waals surface area contributed by atoms with Gasteiger partial charge in [-0.3, -0.25) is 4.99 Å². The van der Waals surface area contributed by atoms with E-state index in [0.717, 1.165) is 30.1 Å². The lowest BCUT2D eigenvalue weighted by Crippen LogP contribution is -2.44. The summed E-state index contributed by atoms with van der Waals surface area (Å²) in [6, 6.07) is 11.5. The second-order valence-electron chi connectivity index (χ2n) is 7.38. The van der Waals surface area contributed by atoms with Crippen LogP contribution in [0.1, 0.15) is 24.5 Å². The summed E-state index contributed by atoms with van der Waals surface area (Å²) in [6.45, 7) is 6.55. The molecule has 1 saturated heterocycles. The van der Waals surface area contributed by atoms with E-state index >= 15 is 0 Å². The van der Waals surface area contributed by atoms with Crippen LogP contribution in [-0.2, 0) is 22.6 Å². The molecule has 8 heteroatoms. The van der Waals surface area contributed by atoms with Crippen LogP contribution in [0.5, 0.6) is 0 Å². The summed E-state index contributed by atoms with van der Waals surface area (Å²) < 4.78 is 24.9. The zero-order valence-electron chi connectivity index (χ0n) is 18.3. The summed E-state index contributed by atoms with van der Waals surface area (Å²) in [5.74, 6) is 0.856. The number of aliphatic imine (C=N–C) groups is 1. The highest BCUT2D eigenvalue weighted by Crippen LogP contribution is 2.20. The van der Waals surface area contributed by atoms with E-state index in [1.165, 1.54) is 6.07 Å². The third-order valence-electron chi connectivity index (χ3n) is 5.09. The quantitative estimate of drug-likeness (QED) is 0.344. The Bertz CT molecular complexity index is 848.